The van der Waals surface area contributed by atoms with Crippen molar-refractivity contribution in [1.82, 2.24) is 0 Å². The highest BCUT2D eigenvalue weighted by Gasteiger charge is 2.43. The average molecular weight is 147 g/mol. The number of benzene rings is 1. The van der Waals surface area contributed by atoms with Gasteiger partial charge >= 0.3 is 0 Å². The molecule has 1 radical (unpaired) electrons. The molecule has 0 heterocycles. The third kappa shape index (κ3) is 1.05. The molecule has 1 aromatic rings. The molecule has 0 bridgehead atoms. The quantitative estimate of drug-likeness (QED) is 0.610. The molecule has 11 heavy (non-hydrogen) atoms. The first-order valence-corrected chi connectivity index (χ1v) is 4.01. The fourth-order valence-electron chi connectivity index (χ4n) is 1.46. The smallest absolute Gasteiger partial charge is 0.0918 e. The van der Waals surface area contributed by atoms with Crippen LogP contribution in [0.15, 0.2) is 30.3 Å². The van der Waals surface area contributed by atoms with E-state index in [1.165, 1.54) is 5.56 Å². The van der Waals surface area contributed by atoms with E-state index in [1.54, 1.807) is 0 Å². The lowest BCUT2D eigenvalue weighted by Crippen LogP contribution is -2.09. The molecule has 0 aromatic heterocycles. The first-order valence-electron chi connectivity index (χ1n) is 4.01. The Bertz CT molecular complexity index is 236. The molecule has 1 aliphatic rings. The fourth-order valence-corrected chi connectivity index (χ4v) is 1.46. The van der Waals surface area contributed by atoms with E-state index >= 15 is 0 Å². The van der Waals surface area contributed by atoms with Gasteiger partial charge in [-0.05, 0) is 18.4 Å². The molecular formula is C10H11O. The normalized spacial score (nSPS) is 19.7. The van der Waals surface area contributed by atoms with Crippen molar-refractivity contribution in [3.8, 4) is 0 Å². The molecule has 1 nitrogen and oxygen atoms in total. The molecule has 1 aromatic carbocycles. The van der Waals surface area contributed by atoms with E-state index < -0.39 is 0 Å². The van der Waals surface area contributed by atoms with E-state index in [1.807, 2.05) is 18.2 Å². The molecule has 0 aliphatic heterocycles. The van der Waals surface area contributed by atoms with Gasteiger partial charge in [-0.1, -0.05) is 30.3 Å². The summed E-state index contributed by atoms with van der Waals surface area (Å²) in [5.74, 6) is 0. The minimum Gasteiger partial charge on any atom is -0.236 e. The molecule has 0 amide bonds. The van der Waals surface area contributed by atoms with Gasteiger partial charge in [0.05, 0.1) is 6.61 Å². The highest BCUT2D eigenvalue weighted by molar-refractivity contribution is 5.30. The predicted molar refractivity (Wildman–Crippen MR) is 42.9 cm³/mol. The van der Waals surface area contributed by atoms with Gasteiger partial charge in [0, 0.05) is 5.41 Å². The summed E-state index contributed by atoms with van der Waals surface area (Å²) in [7, 11) is 0. The lowest BCUT2D eigenvalue weighted by molar-refractivity contribution is 0.163. The van der Waals surface area contributed by atoms with Crippen molar-refractivity contribution < 1.29 is 5.11 Å². The van der Waals surface area contributed by atoms with Crippen LogP contribution in [-0.4, -0.2) is 6.61 Å². The Hall–Kier alpha value is -0.820. The first-order chi connectivity index (χ1) is 5.37. The SMILES string of the molecule is [O]CC1(c2ccccc2)CC1. The topological polar surface area (TPSA) is 19.9 Å². The van der Waals surface area contributed by atoms with Gasteiger partial charge in [-0.3, -0.25) is 0 Å². The summed E-state index contributed by atoms with van der Waals surface area (Å²) < 4.78 is 0. The Balaban J connectivity index is 2.30. The Labute approximate surface area is 66.7 Å². The second-order valence-corrected chi connectivity index (χ2v) is 3.29. The van der Waals surface area contributed by atoms with Gasteiger partial charge in [0.25, 0.3) is 0 Å². The minimum atomic E-state index is 0.0290. The lowest BCUT2D eigenvalue weighted by Gasteiger charge is -2.09. The van der Waals surface area contributed by atoms with E-state index in [9.17, 15) is 5.11 Å². The maximum atomic E-state index is 10.8. The summed E-state index contributed by atoms with van der Waals surface area (Å²) in [4.78, 5) is 0. The zero-order valence-electron chi connectivity index (χ0n) is 6.42. The second kappa shape index (κ2) is 2.35. The van der Waals surface area contributed by atoms with Gasteiger partial charge in [-0.15, -0.1) is 0 Å². The van der Waals surface area contributed by atoms with Crippen molar-refractivity contribution in [3.05, 3.63) is 35.9 Å². The van der Waals surface area contributed by atoms with Crippen LogP contribution in [0.3, 0.4) is 0 Å². The molecule has 1 heteroatoms. The van der Waals surface area contributed by atoms with E-state index in [4.69, 9.17) is 0 Å². The van der Waals surface area contributed by atoms with Crippen LogP contribution in [0.2, 0.25) is 0 Å². The second-order valence-electron chi connectivity index (χ2n) is 3.29. The molecule has 2 rings (SSSR count). The highest BCUT2D eigenvalue weighted by atomic mass is 16.3. The molecule has 0 spiro atoms. The van der Waals surface area contributed by atoms with Crippen LogP contribution in [0.4, 0.5) is 0 Å². The molecule has 0 atom stereocenters. The monoisotopic (exact) mass is 147 g/mol. The van der Waals surface area contributed by atoms with Crippen LogP contribution in [0.25, 0.3) is 0 Å². The zero-order chi connectivity index (χ0) is 7.73. The van der Waals surface area contributed by atoms with Gasteiger partial charge in [0.2, 0.25) is 0 Å². The van der Waals surface area contributed by atoms with Gasteiger partial charge in [-0.25, -0.2) is 5.11 Å². The Morgan fingerprint density at radius 1 is 1.18 bits per heavy atom. The highest BCUT2D eigenvalue weighted by Crippen LogP contribution is 2.47. The lowest BCUT2D eigenvalue weighted by atomic mass is 9.97. The first kappa shape index (κ1) is 6.86. The Morgan fingerprint density at radius 2 is 1.82 bits per heavy atom. The molecule has 0 saturated heterocycles. The van der Waals surface area contributed by atoms with Crippen molar-refractivity contribution in [2.24, 2.45) is 0 Å². The van der Waals surface area contributed by atoms with Crippen LogP contribution in [-0.2, 0) is 10.5 Å². The van der Waals surface area contributed by atoms with Gasteiger partial charge in [0.15, 0.2) is 0 Å². The van der Waals surface area contributed by atoms with E-state index in [0.717, 1.165) is 12.8 Å². The van der Waals surface area contributed by atoms with Crippen LogP contribution in [0.1, 0.15) is 18.4 Å². The van der Waals surface area contributed by atoms with Gasteiger partial charge in [0.1, 0.15) is 0 Å². The number of rotatable bonds is 2. The molecule has 0 unspecified atom stereocenters. The number of hydrogen-bond acceptors (Lipinski definition) is 0. The maximum Gasteiger partial charge on any atom is 0.0918 e. The van der Waals surface area contributed by atoms with Crippen molar-refractivity contribution in [2.45, 2.75) is 18.3 Å². The molecule has 1 aliphatic carbocycles. The van der Waals surface area contributed by atoms with Crippen molar-refractivity contribution in [1.29, 1.82) is 0 Å². The summed E-state index contributed by atoms with van der Waals surface area (Å²) in [5, 5.41) is 10.8. The van der Waals surface area contributed by atoms with E-state index in [0.29, 0.717) is 0 Å². The summed E-state index contributed by atoms with van der Waals surface area (Å²) in [6.45, 7) is 0.0526. The molecule has 1 fully saturated rings. The largest absolute Gasteiger partial charge is 0.236 e. The number of hydrogen-bond donors (Lipinski definition) is 0. The van der Waals surface area contributed by atoms with Crippen molar-refractivity contribution >= 4 is 0 Å². The maximum absolute atomic E-state index is 10.8. The zero-order valence-corrected chi connectivity index (χ0v) is 6.42. The third-order valence-electron chi connectivity index (χ3n) is 2.52. The Kier molecular flexibility index (Phi) is 1.46. The van der Waals surface area contributed by atoms with Crippen LogP contribution in [0, 0.1) is 0 Å². The Morgan fingerprint density at radius 3 is 2.27 bits per heavy atom. The fraction of sp³-hybridized carbons (Fsp3) is 0.400. The molecular weight excluding hydrogens is 136 g/mol. The molecule has 0 N–H and O–H groups in total. The summed E-state index contributed by atoms with van der Waals surface area (Å²) in [6.07, 6.45) is 2.17. The van der Waals surface area contributed by atoms with Crippen molar-refractivity contribution in [2.75, 3.05) is 6.61 Å². The molecule has 57 valence electrons. The van der Waals surface area contributed by atoms with E-state index in [-0.39, 0.29) is 12.0 Å². The van der Waals surface area contributed by atoms with Crippen LogP contribution in [0.5, 0.6) is 0 Å². The predicted octanol–water partition coefficient (Wildman–Crippen LogP) is 2.15. The summed E-state index contributed by atoms with van der Waals surface area (Å²) in [6, 6.07) is 10.1. The summed E-state index contributed by atoms with van der Waals surface area (Å²) >= 11 is 0. The van der Waals surface area contributed by atoms with Gasteiger partial charge in [-0.2, -0.15) is 0 Å². The minimum absolute atomic E-state index is 0.0290. The summed E-state index contributed by atoms with van der Waals surface area (Å²) in [5.41, 5.74) is 1.26. The molecule has 1 saturated carbocycles. The van der Waals surface area contributed by atoms with Gasteiger partial charge < -0.3 is 0 Å². The van der Waals surface area contributed by atoms with Crippen molar-refractivity contribution in [3.63, 3.8) is 0 Å². The van der Waals surface area contributed by atoms with E-state index in [2.05, 4.69) is 12.1 Å². The van der Waals surface area contributed by atoms with Crippen LogP contribution < -0.4 is 0 Å². The third-order valence-corrected chi connectivity index (χ3v) is 2.52. The standard InChI is InChI=1S/C10H11O/c11-8-10(6-7-10)9-4-2-1-3-5-9/h1-5H,6-8H2. The average Bonchev–Trinajstić information content (AvgIpc) is 2.86. The van der Waals surface area contributed by atoms with Crippen LogP contribution >= 0.6 is 0 Å².